The molecular formula is C20H21F2NO4. The summed E-state index contributed by atoms with van der Waals surface area (Å²) in [6.07, 6.45) is 0.315. The molecule has 0 saturated heterocycles. The van der Waals surface area contributed by atoms with Gasteiger partial charge in [-0.3, -0.25) is 9.59 Å². The van der Waals surface area contributed by atoms with Crippen molar-refractivity contribution in [3.63, 3.8) is 0 Å². The Morgan fingerprint density at radius 1 is 1.11 bits per heavy atom. The van der Waals surface area contributed by atoms with Crippen LogP contribution in [-0.4, -0.2) is 30.1 Å². The van der Waals surface area contributed by atoms with Crippen molar-refractivity contribution in [3.05, 3.63) is 65.7 Å². The van der Waals surface area contributed by atoms with Crippen LogP contribution in [0.2, 0.25) is 0 Å². The summed E-state index contributed by atoms with van der Waals surface area (Å²) in [5, 5.41) is 12.4. The van der Waals surface area contributed by atoms with Crippen LogP contribution in [0.1, 0.15) is 24.5 Å². The van der Waals surface area contributed by atoms with Crippen LogP contribution in [0.3, 0.4) is 0 Å². The molecule has 0 bridgehead atoms. The minimum atomic E-state index is -2.91. The molecule has 0 aliphatic carbocycles. The van der Waals surface area contributed by atoms with Gasteiger partial charge in [-0.25, -0.2) is 0 Å². The molecular weight excluding hydrogens is 356 g/mol. The number of carbonyl (C=O) groups is 2. The van der Waals surface area contributed by atoms with E-state index in [0.717, 1.165) is 0 Å². The Bertz CT molecular complexity index is 765. The van der Waals surface area contributed by atoms with Gasteiger partial charge in [0.05, 0.1) is 6.42 Å². The van der Waals surface area contributed by atoms with Crippen molar-refractivity contribution >= 4 is 11.9 Å². The van der Waals surface area contributed by atoms with E-state index >= 15 is 0 Å². The smallest absolute Gasteiger partial charge is 0.387 e. The molecule has 2 rings (SSSR count). The largest absolute Gasteiger partial charge is 0.481 e. The summed E-state index contributed by atoms with van der Waals surface area (Å²) in [4.78, 5) is 24.2. The number of amides is 1. The molecule has 1 atom stereocenters. The van der Waals surface area contributed by atoms with E-state index in [2.05, 4.69) is 10.1 Å². The van der Waals surface area contributed by atoms with Crippen LogP contribution in [0.4, 0.5) is 8.78 Å². The van der Waals surface area contributed by atoms with E-state index in [-0.39, 0.29) is 24.6 Å². The highest BCUT2D eigenvalue weighted by atomic mass is 19.3. The molecule has 0 spiro atoms. The molecule has 2 aromatic rings. The third-order valence-corrected chi connectivity index (χ3v) is 4.44. The molecule has 27 heavy (non-hydrogen) atoms. The standard InChI is InChI=1S/C20H21F2NO4/c1-2-20(18(25)26,15-6-4-3-5-7-15)13-23-17(24)12-14-8-10-16(11-9-14)27-19(21)22/h3-11,19H,2,12-13H2,1H3,(H,23,24)(H,25,26). The summed E-state index contributed by atoms with van der Waals surface area (Å²) in [5.74, 6) is -1.35. The predicted molar refractivity (Wildman–Crippen MR) is 95.8 cm³/mol. The zero-order chi connectivity index (χ0) is 19.9. The molecule has 0 heterocycles. The van der Waals surface area contributed by atoms with Gasteiger partial charge in [-0.1, -0.05) is 49.4 Å². The van der Waals surface area contributed by atoms with Gasteiger partial charge in [-0.05, 0) is 29.7 Å². The number of hydrogen-bond donors (Lipinski definition) is 2. The maximum Gasteiger partial charge on any atom is 0.387 e. The number of nitrogens with one attached hydrogen (secondary N) is 1. The molecule has 0 aliphatic heterocycles. The van der Waals surface area contributed by atoms with Crippen LogP contribution in [0.25, 0.3) is 0 Å². The van der Waals surface area contributed by atoms with Crippen LogP contribution < -0.4 is 10.1 Å². The Morgan fingerprint density at radius 2 is 1.74 bits per heavy atom. The van der Waals surface area contributed by atoms with Gasteiger partial charge in [0.25, 0.3) is 0 Å². The number of rotatable bonds is 9. The Hall–Kier alpha value is -2.96. The third-order valence-electron chi connectivity index (χ3n) is 4.44. The fourth-order valence-electron chi connectivity index (χ4n) is 2.82. The first-order valence-corrected chi connectivity index (χ1v) is 8.47. The summed E-state index contributed by atoms with van der Waals surface area (Å²) >= 11 is 0. The predicted octanol–water partition coefficient (Wildman–Crippen LogP) is 3.38. The lowest BCUT2D eigenvalue weighted by Gasteiger charge is -2.29. The van der Waals surface area contributed by atoms with Gasteiger partial charge < -0.3 is 15.2 Å². The molecule has 7 heteroatoms. The quantitative estimate of drug-likeness (QED) is 0.703. The SMILES string of the molecule is CCC(CNC(=O)Cc1ccc(OC(F)F)cc1)(C(=O)O)c1ccccc1. The van der Waals surface area contributed by atoms with Crippen molar-refractivity contribution in [1.82, 2.24) is 5.32 Å². The van der Waals surface area contributed by atoms with E-state index in [4.69, 9.17) is 0 Å². The normalized spacial score (nSPS) is 13.0. The van der Waals surface area contributed by atoms with Crippen molar-refractivity contribution in [2.75, 3.05) is 6.54 Å². The van der Waals surface area contributed by atoms with Crippen molar-refractivity contribution in [2.45, 2.75) is 31.8 Å². The average molecular weight is 377 g/mol. The topological polar surface area (TPSA) is 75.6 Å². The number of alkyl halides is 2. The zero-order valence-electron chi connectivity index (χ0n) is 14.8. The number of ether oxygens (including phenoxy) is 1. The molecule has 1 amide bonds. The van der Waals surface area contributed by atoms with Gasteiger partial charge in [0.15, 0.2) is 0 Å². The minimum Gasteiger partial charge on any atom is -0.481 e. The summed E-state index contributed by atoms with van der Waals surface area (Å²) in [6.45, 7) is -1.20. The number of carbonyl (C=O) groups excluding carboxylic acids is 1. The molecule has 1 unspecified atom stereocenters. The Balaban J connectivity index is 2.03. The summed E-state index contributed by atoms with van der Waals surface area (Å²) in [7, 11) is 0. The van der Waals surface area contributed by atoms with Crippen molar-refractivity contribution in [1.29, 1.82) is 0 Å². The lowest BCUT2D eigenvalue weighted by Crippen LogP contribution is -2.46. The van der Waals surface area contributed by atoms with E-state index in [1.54, 1.807) is 37.3 Å². The summed E-state index contributed by atoms with van der Waals surface area (Å²) < 4.78 is 28.6. The molecule has 5 nitrogen and oxygen atoms in total. The third kappa shape index (κ3) is 5.26. The summed E-state index contributed by atoms with van der Waals surface area (Å²) in [5.41, 5.74) is 0.00588. The highest BCUT2D eigenvalue weighted by Gasteiger charge is 2.38. The number of carboxylic acids is 1. The molecule has 0 fully saturated rings. The second-order valence-corrected chi connectivity index (χ2v) is 6.08. The van der Waals surface area contributed by atoms with Crippen molar-refractivity contribution in [2.24, 2.45) is 0 Å². The summed E-state index contributed by atoms with van der Waals surface area (Å²) in [6, 6.07) is 14.5. The maximum absolute atomic E-state index is 12.2. The highest BCUT2D eigenvalue weighted by Crippen LogP contribution is 2.28. The van der Waals surface area contributed by atoms with E-state index in [9.17, 15) is 23.5 Å². The number of hydrogen-bond acceptors (Lipinski definition) is 3. The number of aliphatic carboxylic acids is 1. The fraction of sp³-hybridized carbons (Fsp3) is 0.300. The first-order chi connectivity index (χ1) is 12.9. The van der Waals surface area contributed by atoms with E-state index < -0.39 is 18.0 Å². The second kappa shape index (κ2) is 9.12. The maximum atomic E-state index is 12.2. The lowest BCUT2D eigenvalue weighted by atomic mass is 9.78. The number of benzene rings is 2. The lowest BCUT2D eigenvalue weighted by molar-refractivity contribution is -0.144. The molecule has 0 radical (unpaired) electrons. The van der Waals surface area contributed by atoms with E-state index in [0.29, 0.717) is 17.5 Å². The van der Waals surface area contributed by atoms with Crippen LogP contribution in [0, 0.1) is 0 Å². The van der Waals surface area contributed by atoms with E-state index in [1.807, 2.05) is 0 Å². The highest BCUT2D eigenvalue weighted by molar-refractivity contribution is 5.84. The molecule has 0 saturated carbocycles. The van der Waals surface area contributed by atoms with Crippen LogP contribution in [0.15, 0.2) is 54.6 Å². The van der Waals surface area contributed by atoms with Gasteiger partial charge in [-0.15, -0.1) is 0 Å². The van der Waals surface area contributed by atoms with Crippen molar-refractivity contribution < 1.29 is 28.2 Å². The van der Waals surface area contributed by atoms with E-state index in [1.165, 1.54) is 24.3 Å². The van der Waals surface area contributed by atoms with Gasteiger partial charge in [0.2, 0.25) is 5.91 Å². The molecule has 2 N–H and O–H groups in total. The molecule has 144 valence electrons. The average Bonchev–Trinajstić information content (AvgIpc) is 2.64. The van der Waals surface area contributed by atoms with Gasteiger partial charge in [0, 0.05) is 6.54 Å². The Kier molecular flexibility index (Phi) is 6.87. The first kappa shape index (κ1) is 20.4. The number of carboxylic acid groups (broad SMARTS) is 1. The minimum absolute atomic E-state index is 0.00314. The van der Waals surface area contributed by atoms with Crippen LogP contribution in [-0.2, 0) is 21.4 Å². The molecule has 0 aliphatic rings. The fourth-order valence-corrected chi connectivity index (χ4v) is 2.82. The zero-order valence-corrected chi connectivity index (χ0v) is 14.8. The van der Waals surface area contributed by atoms with Gasteiger partial charge >= 0.3 is 12.6 Å². The van der Waals surface area contributed by atoms with Gasteiger partial charge in [0.1, 0.15) is 11.2 Å². The van der Waals surface area contributed by atoms with Crippen molar-refractivity contribution in [3.8, 4) is 5.75 Å². The molecule has 0 aromatic heterocycles. The monoisotopic (exact) mass is 377 g/mol. The number of halogens is 2. The first-order valence-electron chi connectivity index (χ1n) is 8.47. The Labute approximate surface area is 156 Å². The second-order valence-electron chi connectivity index (χ2n) is 6.08. The van der Waals surface area contributed by atoms with Crippen LogP contribution in [0.5, 0.6) is 5.75 Å². The Morgan fingerprint density at radius 3 is 2.26 bits per heavy atom. The van der Waals surface area contributed by atoms with Crippen LogP contribution >= 0.6 is 0 Å². The van der Waals surface area contributed by atoms with Gasteiger partial charge in [-0.2, -0.15) is 8.78 Å². The molecule has 2 aromatic carbocycles.